The predicted molar refractivity (Wildman–Crippen MR) is 226 cm³/mol. The van der Waals surface area contributed by atoms with Crippen LogP contribution in [0.1, 0.15) is 29.7 Å². The SMILES string of the molecule is C=C(C)C(=O)Oc1cnc2sc3cc(-c4ncnc(-n5c(-c6cccc(-c7cccc(-n8c(-c9ccccc9)nc(C)c8C)c7)c6)nc(C)c5C)n4)ccc3c2c1. The van der Waals surface area contributed by atoms with E-state index in [9.17, 15) is 4.79 Å². The van der Waals surface area contributed by atoms with Crippen molar-refractivity contribution >= 4 is 37.6 Å². The minimum Gasteiger partial charge on any atom is -0.422 e. The molecule has 5 heterocycles. The van der Waals surface area contributed by atoms with Crippen LogP contribution in [-0.2, 0) is 4.79 Å². The summed E-state index contributed by atoms with van der Waals surface area (Å²) in [6.45, 7) is 13.5. The number of thiophene rings is 1. The summed E-state index contributed by atoms with van der Waals surface area (Å²) in [5.41, 5.74) is 10.2. The smallest absolute Gasteiger partial charge is 0.338 e. The van der Waals surface area contributed by atoms with Gasteiger partial charge in [0.1, 0.15) is 28.6 Å². The largest absolute Gasteiger partial charge is 0.422 e. The number of carbonyl (C=O) groups excluding carboxylic acids is 1. The number of ether oxygens (including phenoxy) is 1. The molecule has 0 unspecified atom stereocenters. The molecule has 0 saturated carbocycles. The fourth-order valence-corrected chi connectivity index (χ4v) is 8.05. The van der Waals surface area contributed by atoms with E-state index >= 15 is 0 Å². The Labute approximate surface area is 332 Å². The van der Waals surface area contributed by atoms with E-state index in [1.165, 1.54) is 0 Å². The van der Waals surface area contributed by atoms with Gasteiger partial charge in [-0.25, -0.2) is 29.7 Å². The van der Waals surface area contributed by atoms with Crippen LogP contribution < -0.4 is 4.74 Å². The number of carbonyl (C=O) groups is 1. The van der Waals surface area contributed by atoms with E-state index in [1.807, 2.05) is 54.8 Å². The Kier molecular flexibility index (Phi) is 8.86. The van der Waals surface area contributed by atoms with Crippen molar-refractivity contribution < 1.29 is 9.53 Å². The molecule has 5 aromatic heterocycles. The molecule has 9 rings (SSSR count). The lowest BCUT2D eigenvalue weighted by Gasteiger charge is -2.13. The number of rotatable bonds is 8. The average molecular weight is 765 g/mol. The molecule has 0 amide bonds. The van der Waals surface area contributed by atoms with Gasteiger partial charge in [0.05, 0.1) is 17.6 Å². The fourth-order valence-electron chi connectivity index (χ4n) is 6.98. The van der Waals surface area contributed by atoms with Gasteiger partial charge in [-0.05, 0) is 76.1 Å². The number of benzene rings is 4. The Morgan fingerprint density at radius 2 is 1.33 bits per heavy atom. The van der Waals surface area contributed by atoms with Crippen LogP contribution >= 0.6 is 11.3 Å². The number of imidazole rings is 2. The predicted octanol–water partition coefficient (Wildman–Crippen LogP) is 10.4. The average Bonchev–Trinajstić information content (AvgIpc) is 3.86. The number of hydrogen-bond donors (Lipinski definition) is 0. The van der Waals surface area contributed by atoms with Crippen molar-refractivity contribution in [3.05, 3.63) is 151 Å². The standard InChI is InChI=1S/C46H36N8O2S/c1-26(2)45(55)56-37-23-39-38-19-18-34(22-40(38)57-44(39)47-24-37)41-48-25-49-46(52-41)54-30(6)28(4)51-43(54)35-16-10-14-32(20-35)33-15-11-17-36(21-33)53-29(5)27(3)50-42(53)31-12-8-7-9-13-31/h7-25H,1H2,2-6H3. The van der Waals surface area contributed by atoms with E-state index in [-0.39, 0.29) is 0 Å². The lowest BCUT2D eigenvalue weighted by atomic mass is 10.0. The molecule has 0 aliphatic rings. The number of fused-ring (bicyclic) bond motifs is 3. The van der Waals surface area contributed by atoms with Crippen LogP contribution in [0.4, 0.5) is 0 Å². The maximum atomic E-state index is 12.1. The summed E-state index contributed by atoms with van der Waals surface area (Å²) >= 11 is 1.55. The first-order valence-corrected chi connectivity index (χ1v) is 19.2. The molecule has 0 atom stereocenters. The summed E-state index contributed by atoms with van der Waals surface area (Å²) in [5, 5.41) is 1.89. The number of aryl methyl sites for hydroxylation is 2. The molecule has 0 saturated heterocycles. The Bertz CT molecular complexity index is 3050. The monoisotopic (exact) mass is 764 g/mol. The van der Waals surface area contributed by atoms with Crippen LogP contribution in [0.3, 0.4) is 0 Å². The Balaban J connectivity index is 1.06. The lowest BCUT2D eigenvalue weighted by molar-refractivity contribution is -0.130. The fraction of sp³-hybridized carbons (Fsp3) is 0.109. The summed E-state index contributed by atoms with van der Waals surface area (Å²) in [4.78, 5) is 41.7. The molecule has 9 aromatic rings. The molecular formula is C46H36N8O2S. The van der Waals surface area contributed by atoms with Gasteiger partial charge in [-0.15, -0.1) is 11.3 Å². The highest BCUT2D eigenvalue weighted by Crippen LogP contribution is 2.37. The molecule has 0 spiro atoms. The van der Waals surface area contributed by atoms with Gasteiger partial charge in [0.2, 0.25) is 5.95 Å². The van der Waals surface area contributed by atoms with Crippen molar-refractivity contribution in [1.29, 1.82) is 0 Å². The first kappa shape index (κ1) is 35.6. The van der Waals surface area contributed by atoms with Crippen LogP contribution in [-0.4, -0.2) is 45.0 Å². The second-order valence-corrected chi connectivity index (χ2v) is 15.0. The number of aromatic nitrogens is 8. The maximum Gasteiger partial charge on any atom is 0.338 e. The van der Waals surface area contributed by atoms with E-state index < -0.39 is 5.97 Å². The molecule has 278 valence electrons. The van der Waals surface area contributed by atoms with Gasteiger partial charge in [-0.3, -0.25) is 9.13 Å². The van der Waals surface area contributed by atoms with E-state index in [4.69, 9.17) is 19.7 Å². The topological polar surface area (TPSA) is 114 Å². The van der Waals surface area contributed by atoms with Gasteiger partial charge in [0, 0.05) is 54.8 Å². The van der Waals surface area contributed by atoms with Crippen LogP contribution in [0.15, 0.2) is 128 Å². The molecule has 0 N–H and O–H groups in total. The lowest BCUT2D eigenvalue weighted by Crippen LogP contribution is -2.08. The highest BCUT2D eigenvalue weighted by molar-refractivity contribution is 7.25. The van der Waals surface area contributed by atoms with Crippen LogP contribution in [0.2, 0.25) is 0 Å². The zero-order chi connectivity index (χ0) is 39.4. The normalized spacial score (nSPS) is 11.4. The quantitative estimate of drug-likeness (QED) is 0.111. The van der Waals surface area contributed by atoms with Crippen molar-refractivity contribution in [2.75, 3.05) is 0 Å². The summed E-state index contributed by atoms with van der Waals surface area (Å²) in [5.74, 6) is 2.55. The van der Waals surface area contributed by atoms with Crippen LogP contribution in [0.5, 0.6) is 5.75 Å². The Hall–Kier alpha value is -7.11. The van der Waals surface area contributed by atoms with E-state index in [1.54, 1.807) is 30.8 Å². The van der Waals surface area contributed by atoms with Crippen molar-refractivity contribution in [2.24, 2.45) is 0 Å². The van der Waals surface area contributed by atoms with Gasteiger partial charge < -0.3 is 4.74 Å². The van der Waals surface area contributed by atoms with E-state index in [0.717, 1.165) is 88.2 Å². The molecule has 0 aliphatic carbocycles. The molecule has 57 heavy (non-hydrogen) atoms. The third kappa shape index (κ3) is 6.47. The second-order valence-electron chi connectivity index (χ2n) is 14.0. The van der Waals surface area contributed by atoms with Crippen molar-refractivity contribution in [1.82, 2.24) is 39.0 Å². The minimum absolute atomic E-state index is 0.323. The molecule has 0 bridgehead atoms. The van der Waals surface area contributed by atoms with E-state index in [0.29, 0.717) is 23.1 Å². The number of pyridine rings is 1. The van der Waals surface area contributed by atoms with Gasteiger partial charge >= 0.3 is 5.97 Å². The third-order valence-corrected chi connectivity index (χ3v) is 11.2. The van der Waals surface area contributed by atoms with E-state index in [2.05, 4.69) is 107 Å². The molecule has 0 radical (unpaired) electrons. The van der Waals surface area contributed by atoms with Gasteiger partial charge in [-0.2, -0.15) is 4.98 Å². The molecular weight excluding hydrogens is 729 g/mol. The molecule has 10 nitrogen and oxygen atoms in total. The molecule has 4 aromatic carbocycles. The summed E-state index contributed by atoms with van der Waals surface area (Å²) in [7, 11) is 0. The number of esters is 1. The zero-order valence-corrected chi connectivity index (χ0v) is 32.8. The van der Waals surface area contributed by atoms with Gasteiger partial charge in [0.25, 0.3) is 0 Å². The third-order valence-electron chi connectivity index (χ3n) is 10.2. The van der Waals surface area contributed by atoms with Crippen LogP contribution in [0.25, 0.3) is 77.2 Å². The summed E-state index contributed by atoms with van der Waals surface area (Å²) < 4.78 is 10.7. The zero-order valence-electron chi connectivity index (χ0n) is 32.0. The highest BCUT2D eigenvalue weighted by Gasteiger charge is 2.20. The summed E-state index contributed by atoms with van der Waals surface area (Å²) in [6, 6.07) is 35.2. The van der Waals surface area contributed by atoms with Gasteiger partial charge in [0.15, 0.2) is 5.82 Å². The minimum atomic E-state index is -0.484. The Morgan fingerprint density at radius 3 is 2.11 bits per heavy atom. The molecule has 0 fully saturated rings. The first-order chi connectivity index (χ1) is 27.6. The second kappa shape index (κ2) is 14.2. The van der Waals surface area contributed by atoms with Crippen molar-refractivity contribution in [3.63, 3.8) is 0 Å². The number of hydrogen-bond acceptors (Lipinski definition) is 9. The molecule has 11 heteroatoms. The maximum absolute atomic E-state index is 12.1. The van der Waals surface area contributed by atoms with Crippen molar-refractivity contribution in [2.45, 2.75) is 34.6 Å². The first-order valence-electron chi connectivity index (χ1n) is 18.4. The Morgan fingerprint density at radius 1 is 0.649 bits per heavy atom. The van der Waals surface area contributed by atoms with Crippen LogP contribution in [0, 0.1) is 27.7 Å². The van der Waals surface area contributed by atoms with Gasteiger partial charge in [-0.1, -0.05) is 79.4 Å². The molecule has 0 aliphatic heterocycles. The van der Waals surface area contributed by atoms with Crippen molar-refractivity contribution in [3.8, 4) is 62.7 Å². The highest BCUT2D eigenvalue weighted by atomic mass is 32.1. The summed E-state index contributed by atoms with van der Waals surface area (Å²) in [6.07, 6.45) is 3.10. The number of nitrogens with zero attached hydrogens (tertiary/aromatic N) is 8.